The summed E-state index contributed by atoms with van der Waals surface area (Å²) in [4.78, 5) is 31.6. The molecular weight excluding hydrogens is 464 g/mol. The molecule has 0 bridgehead atoms. The van der Waals surface area contributed by atoms with Gasteiger partial charge in [0.15, 0.2) is 10.8 Å². The van der Waals surface area contributed by atoms with E-state index in [0.29, 0.717) is 22.1 Å². The summed E-state index contributed by atoms with van der Waals surface area (Å²) in [5.41, 5.74) is 8.34. The number of hydrogen-bond acceptors (Lipinski definition) is 8. The number of piperidine rings is 1. The zero-order valence-electron chi connectivity index (χ0n) is 20.2. The predicted molar refractivity (Wildman–Crippen MR) is 139 cm³/mol. The maximum absolute atomic E-state index is 12.9. The van der Waals surface area contributed by atoms with E-state index in [2.05, 4.69) is 25.8 Å². The van der Waals surface area contributed by atoms with Crippen molar-refractivity contribution in [2.75, 3.05) is 43.9 Å². The number of nitrogens with zero attached hydrogens (tertiary/aromatic N) is 2. The fraction of sp³-hybridized carbons (Fsp3) is 0.480. The van der Waals surface area contributed by atoms with Gasteiger partial charge in [-0.2, -0.15) is 0 Å². The number of aromatic nitrogens is 1. The van der Waals surface area contributed by atoms with Crippen LogP contribution in [0.5, 0.6) is 0 Å². The van der Waals surface area contributed by atoms with E-state index in [-0.39, 0.29) is 11.6 Å². The number of allylic oxidation sites excluding steroid dienone is 7. The molecule has 1 saturated heterocycles. The number of rotatable bonds is 10. The van der Waals surface area contributed by atoms with Gasteiger partial charge in [-0.25, -0.2) is 4.98 Å². The van der Waals surface area contributed by atoms with Crippen LogP contribution in [-0.2, 0) is 9.53 Å². The summed E-state index contributed by atoms with van der Waals surface area (Å²) < 4.78 is 5.25. The third-order valence-corrected chi connectivity index (χ3v) is 7.28. The molecule has 1 fully saturated rings. The standard InChI is InChI=1S/C25H34N6O3S/c1-34-20-11-9-19(10-12-20)28-25-29-21(22(26)32)24(35-25)30-23(33)17-5-7-18(8-6-17)27-13-16-31-14-3-2-4-15-31/h5,7,9,11,27H,2-4,6,8,10,12-16H2,1H3,(H2,26,32)(H,28,29)(H,30,33). The van der Waals surface area contributed by atoms with Gasteiger partial charge in [0.2, 0.25) is 0 Å². The van der Waals surface area contributed by atoms with Gasteiger partial charge in [-0.3, -0.25) is 9.59 Å². The van der Waals surface area contributed by atoms with Crippen LogP contribution >= 0.6 is 11.3 Å². The molecule has 5 N–H and O–H groups in total. The molecule has 1 aliphatic heterocycles. The number of amides is 2. The number of carbonyl (C=O) groups is 2. The summed E-state index contributed by atoms with van der Waals surface area (Å²) in [5.74, 6) is -0.00648. The second kappa shape index (κ2) is 12.0. The molecule has 0 unspecified atom stereocenters. The second-order valence-corrected chi connectivity index (χ2v) is 9.88. The number of ether oxygens (including phenoxy) is 1. The molecule has 0 saturated carbocycles. The van der Waals surface area contributed by atoms with Crippen LogP contribution in [0, 0.1) is 0 Å². The van der Waals surface area contributed by atoms with E-state index in [1.807, 2.05) is 24.3 Å². The molecular formula is C25H34N6O3S. The van der Waals surface area contributed by atoms with Gasteiger partial charge in [0.05, 0.1) is 12.9 Å². The first-order valence-electron chi connectivity index (χ1n) is 12.2. The van der Waals surface area contributed by atoms with E-state index in [9.17, 15) is 9.59 Å². The molecule has 188 valence electrons. The van der Waals surface area contributed by atoms with E-state index in [4.69, 9.17) is 10.5 Å². The lowest BCUT2D eigenvalue weighted by atomic mass is 10.0. The topological polar surface area (TPSA) is 122 Å². The smallest absolute Gasteiger partial charge is 0.270 e. The van der Waals surface area contributed by atoms with Crippen LogP contribution in [0.4, 0.5) is 10.1 Å². The Morgan fingerprint density at radius 2 is 1.83 bits per heavy atom. The third-order valence-electron chi connectivity index (χ3n) is 6.40. The maximum Gasteiger partial charge on any atom is 0.270 e. The number of hydrogen-bond donors (Lipinski definition) is 4. The van der Waals surface area contributed by atoms with E-state index >= 15 is 0 Å². The fourth-order valence-electron chi connectivity index (χ4n) is 4.37. The number of methoxy groups -OCH3 is 1. The van der Waals surface area contributed by atoms with Crippen LogP contribution in [-0.4, -0.2) is 55.0 Å². The van der Waals surface area contributed by atoms with Gasteiger partial charge in [-0.05, 0) is 63.4 Å². The maximum atomic E-state index is 12.9. The van der Waals surface area contributed by atoms with E-state index in [1.54, 1.807) is 7.11 Å². The summed E-state index contributed by atoms with van der Waals surface area (Å²) in [7, 11) is 1.65. The van der Waals surface area contributed by atoms with Crippen molar-refractivity contribution in [3.8, 4) is 0 Å². The summed E-state index contributed by atoms with van der Waals surface area (Å²) in [6.07, 6.45) is 14.5. The Balaban J connectivity index is 1.33. The zero-order chi connectivity index (χ0) is 24.6. The minimum atomic E-state index is -0.679. The highest BCUT2D eigenvalue weighted by Crippen LogP contribution is 2.31. The van der Waals surface area contributed by atoms with Gasteiger partial charge in [-0.1, -0.05) is 23.8 Å². The molecule has 0 radical (unpaired) electrons. The lowest BCUT2D eigenvalue weighted by molar-refractivity contribution is -0.113. The van der Waals surface area contributed by atoms with E-state index in [1.165, 1.54) is 43.7 Å². The number of nitrogens with one attached hydrogen (secondary N) is 3. The highest BCUT2D eigenvalue weighted by Gasteiger charge is 2.21. The number of likely N-dealkylation sites (tertiary alicyclic amines) is 1. The summed E-state index contributed by atoms with van der Waals surface area (Å²) in [5, 5.41) is 10.4. The van der Waals surface area contributed by atoms with E-state index in [0.717, 1.165) is 49.5 Å². The number of thiazole rings is 1. The average molecular weight is 499 g/mol. The van der Waals surface area contributed by atoms with Crippen LogP contribution in [0.15, 0.2) is 47.0 Å². The Hall–Kier alpha value is -3.11. The summed E-state index contributed by atoms with van der Waals surface area (Å²) in [6, 6.07) is 0. The monoisotopic (exact) mass is 498 g/mol. The van der Waals surface area contributed by atoms with Crippen molar-refractivity contribution in [1.29, 1.82) is 0 Å². The molecule has 35 heavy (non-hydrogen) atoms. The van der Waals surface area contributed by atoms with Crippen LogP contribution < -0.4 is 21.7 Å². The molecule has 2 heterocycles. The van der Waals surface area contributed by atoms with Crippen molar-refractivity contribution in [1.82, 2.24) is 15.2 Å². The first-order chi connectivity index (χ1) is 17.0. The van der Waals surface area contributed by atoms with Crippen LogP contribution in [0.1, 0.15) is 55.4 Å². The minimum Gasteiger partial charge on any atom is -0.501 e. The molecule has 0 aromatic carbocycles. The van der Waals surface area contributed by atoms with Gasteiger partial charge in [-0.15, -0.1) is 0 Å². The molecule has 2 amide bonds. The van der Waals surface area contributed by atoms with Crippen LogP contribution in [0.3, 0.4) is 0 Å². The molecule has 1 aromatic heterocycles. The average Bonchev–Trinajstić information content (AvgIpc) is 3.28. The van der Waals surface area contributed by atoms with Gasteiger partial charge in [0.1, 0.15) is 5.00 Å². The second-order valence-electron chi connectivity index (χ2n) is 8.88. The molecule has 3 aliphatic rings. The lowest BCUT2D eigenvalue weighted by Crippen LogP contribution is -2.35. The summed E-state index contributed by atoms with van der Waals surface area (Å²) in [6.45, 7) is 4.35. The van der Waals surface area contributed by atoms with Gasteiger partial charge in [0, 0.05) is 36.5 Å². The molecule has 0 atom stereocenters. The molecule has 4 rings (SSSR count). The van der Waals surface area contributed by atoms with Crippen molar-refractivity contribution in [2.24, 2.45) is 5.73 Å². The third kappa shape index (κ3) is 6.95. The highest BCUT2D eigenvalue weighted by atomic mass is 32.1. The first-order valence-corrected chi connectivity index (χ1v) is 13.0. The number of primary amides is 1. The van der Waals surface area contributed by atoms with Gasteiger partial charge < -0.3 is 31.3 Å². The molecule has 1 aromatic rings. The number of carbonyl (C=O) groups excluding carboxylic acids is 2. The molecule has 2 aliphatic carbocycles. The Kier molecular flexibility index (Phi) is 8.59. The van der Waals surface area contributed by atoms with Crippen molar-refractivity contribution in [3.63, 3.8) is 0 Å². The number of nitrogens with two attached hydrogens (primary N) is 1. The first kappa shape index (κ1) is 25.0. The van der Waals surface area contributed by atoms with Crippen LogP contribution in [0.25, 0.3) is 0 Å². The fourth-order valence-corrected chi connectivity index (χ4v) is 5.27. The van der Waals surface area contributed by atoms with Gasteiger partial charge >= 0.3 is 0 Å². The van der Waals surface area contributed by atoms with Crippen molar-refractivity contribution < 1.29 is 14.3 Å². The minimum absolute atomic E-state index is 0.0578. The molecule has 10 heteroatoms. The summed E-state index contributed by atoms with van der Waals surface area (Å²) >= 11 is 1.20. The highest BCUT2D eigenvalue weighted by molar-refractivity contribution is 7.20. The molecule has 9 nitrogen and oxygen atoms in total. The number of anilines is 2. The largest absolute Gasteiger partial charge is 0.501 e. The van der Waals surface area contributed by atoms with Crippen LogP contribution in [0.2, 0.25) is 0 Å². The Morgan fingerprint density at radius 3 is 2.49 bits per heavy atom. The molecule has 0 spiro atoms. The quantitative estimate of drug-likeness (QED) is 0.390. The van der Waals surface area contributed by atoms with E-state index < -0.39 is 5.91 Å². The zero-order valence-corrected chi connectivity index (χ0v) is 21.0. The normalized spacial score (nSPS) is 18.5. The van der Waals surface area contributed by atoms with Crippen molar-refractivity contribution in [3.05, 3.63) is 52.7 Å². The van der Waals surface area contributed by atoms with Crippen molar-refractivity contribution in [2.45, 2.75) is 44.9 Å². The Labute approximate surface area is 210 Å². The van der Waals surface area contributed by atoms with Crippen molar-refractivity contribution >= 4 is 33.3 Å². The SMILES string of the molecule is COC1=CC=C(Nc2nc(C(N)=O)c(NC(=O)C3=CC=C(NCCN4CCCCC4)CC3)s2)CC1. The predicted octanol–water partition coefficient (Wildman–Crippen LogP) is 3.48. The Morgan fingerprint density at radius 1 is 1.06 bits per heavy atom. The lowest BCUT2D eigenvalue weighted by Gasteiger charge is -2.27. The Bertz CT molecular complexity index is 1070. The van der Waals surface area contributed by atoms with Gasteiger partial charge in [0.25, 0.3) is 11.8 Å².